The van der Waals surface area contributed by atoms with Crippen LogP contribution in [0.1, 0.15) is 16.2 Å². The third-order valence-corrected chi connectivity index (χ3v) is 2.35. The van der Waals surface area contributed by atoms with Crippen molar-refractivity contribution in [3.8, 4) is 0 Å². The SMILES string of the molecule is Cc1ncc(C=O)c(N2CCOCC2)n1. The maximum Gasteiger partial charge on any atom is 0.155 e. The Kier molecular flexibility index (Phi) is 2.91. The first-order valence-electron chi connectivity index (χ1n) is 4.93. The van der Waals surface area contributed by atoms with E-state index in [4.69, 9.17) is 4.74 Å². The van der Waals surface area contributed by atoms with Crippen molar-refractivity contribution >= 4 is 12.1 Å². The van der Waals surface area contributed by atoms with Gasteiger partial charge in [0.15, 0.2) is 6.29 Å². The second-order valence-electron chi connectivity index (χ2n) is 3.41. The molecule has 1 aliphatic rings. The molecule has 0 spiro atoms. The Morgan fingerprint density at radius 1 is 1.47 bits per heavy atom. The molecule has 0 aromatic carbocycles. The largest absolute Gasteiger partial charge is 0.378 e. The van der Waals surface area contributed by atoms with Crippen LogP contribution in [-0.4, -0.2) is 42.6 Å². The molecule has 0 amide bonds. The van der Waals surface area contributed by atoms with Gasteiger partial charge >= 0.3 is 0 Å². The average Bonchev–Trinajstić information content (AvgIpc) is 2.30. The van der Waals surface area contributed by atoms with Gasteiger partial charge in [0.2, 0.25) is 0 Å². The van der Waals surface area contributed by atoms with Crippen molar-refractivity contribution in [1.82, 2.24) is 9.97 Å². The molecule has 15 heavy (non-hydrogen) atoms. The first kappa shape index (κ1) is 10.0. The van der Waals surface area contributed by atoms with Crippen molar-refractivity contribution in [2.75, 3.05) is 31.2 Å². The first-order valence-corrected chi connectivity index (χ1v) is 4.93. The Balaban J connectivity index is 2.31. The third kappa shape index (κ3) is 2.12. The van der Waals surface area contributed by atoms with Gasteiger partial charge in [0.05, 0.1) is 18.8 Å². The summed E-state index contributed by atoms with van der Waals surface area (Å²) in [5.41, 5.74) is 0.544. The molecular formula is C10H13N3O2. The molecule has 1 aromatic rings. The van der Waals surface area contributed by atoms with Gasteiger partial charge in [-0.2, -0.15) is 0 Å². The van der Waals surface area contributed by atoms with E-state index in [1.807, 2.05) is 6.92 Å². The minimum atomic E-state index is 0.544. The number of aromatic nitrogens is 2. The van der Waals surface area contributed by atoms with Crippen LogP contribution in [-0.2, 0) is 4.74 Å². The summed E-state index contributed by atoms with van der Waals surface area (Å²) < 4.78 is 5.25. The molecule has 0 aliphatic carbocycles. The third-order valence-electron chi connectivity index (χ3n) is 2.35. The summed E-state index contributed by atoms with van der Waals surface area (Å²) in [5, 5.41) is 0. The van der Waals surface area contributed by atoms with Gasteiger partial charge in [-0.1, -0.05) is 0 Å². The van der Waals surface area contributed by atoms with E-state index >= 15 is 0 Å². The summed E-state index contributed by atoms with van der Waals surface area (Å²) in [4.78, 5) is 21.2. The highest BCUT2D eigenvalue weighted by atomic mass is 16.5. The van der Waals surface area contributed by atoms with Gasteiger partial charge in [-0.25, -0.2) is 9.97 Å². The van der Waals surface area contributed by atoms with Crippen molar-refractivity contribution in [3.63, 3.8) is 0 Å². The van der Waals surface area contributed by atoms with E-state index in [0.717, 1.165) is 25.2 Å². The zero-order valence-electron chi connectivity index (χ0n) is 8.64. The monoisotopic (exact) mass is 207 g/mol. The number of carbonyl (C=O) groups is 1. The Bertz CT molecular complexity index is 362. The molecule has 0 saturated carbocycles. The maximum absolute atomic E-state index is 10.8. The van der Waals surface area contributed by atoms with E-state index < -0.39 is 0 Å². The lowest BCUT2D eigenvalue weighted by atomic mass is 10.3. The molecule has 1 saturated heterocycles. The summed E-state index contributed by atoms with van der Waals surface area (Å²) in [6.45, 7) is 4.73. The highest BCUT2D eigenvalue weighted by molar-refractivity contribution is 5.82. The van der Waals surface area contributed by atoms with E-state index in [0.29, 0.717) is 24.6 Å². The van der Waals surface area contributed by atoms with Crippen LogP contribution in [0.15, 0.2) is 6.20 Å². The second kappa shape index (κ2) is 4.35. The number of nitrogens with zero attached hydrogens (tertiary/aromatic N) is 3. The van der Waals surface area contributed by atoms with Gasteiger partial charge in [-0.15, -0.1) is 0 Å². The molecule has 0 unspecified atom stereocenters. The molecule has 1 fully saturated rings. The molecule has 0 N–H and O–H groups in total. The fourth-order valence-electron chi connectivity index (χ4n) is 1.58. The minimum Gasteiger partial charge on any atom is -0.378 e. The lowest BCUT2D eigenvalue weighted by molar-refractivity contribution is 0.111. The van der Waals surface area contributed by atoms with Crippen molar-refractivity contribution in [1.29, 1.82) is 0 Å². The van der Waals surface area contributed by atoms with Crippen LogP contribution in [0.25, 0.3) is 0 Å². The summed E-state index contributed by atoms with van der Waals surface area (Å²) in [5.74, 6) is 1.41. The quantitative estimate of drug-likeness (QED) is 0.658. The van der Waals surface area contributed by atoms with Crippen LogP contribution in [0, 0.1) is 6.92 Å². The molecule has 1 aliphatic heterocycles. The molecule has 80 valence electrons. The Hall–Kier alpha value is -1.49. The van der Waals surface area contributed by atoms with Crippen molar-refractivity contribution in [2.24, 2.45) is 0 Å². The lowest BCUT2D eigenvalue weighted by Gasteiger charge is -2.28. The van der Waals surface area contributed by atoms with Gasteiger partial charge in [0.25, 0.3) is 0 Å². The smallest absolute Gasteiger partial charge is 0.155 e. The fraction of sp³-hybridized carbons (Fsp3) is 0.500. The zero-order valence-corrected chi connectivity index (χ0v) is 8.64. The minimum absolute atomic E-state index is 0.544. The Morgan fingerprint density at radius 2 is 2.20 bits per heavy atom. The molecule has 2 rings (SSSR count). The van der Waals surface area contributed by atoms with Crippen LogP contribution in [0.2, 0.25) is 0 Å². The van der Waals surface area contributed by atoms with Crippen LogP contribution >= 0.6 is 0 Å². The van der Waals surface area contributed by atoms with Crippen LogP contribution in [0.5, 0.6) is 0 Å². The standard InChI is InChI=1S/C10H13N3O2/c1-8-11-6-9(7-14)10(12-8)13-2-4-15-5-3-13/h6-7H,2-5H2,1H3. The molecule has 0 atom stereocenters. The molecule has 1 aromatic heterocycles. The molecule has 2 heterocycles. The highest BCUT2D eigenvalue weighted by Crippen LogP contribution is 2.16. The Labute approximate surface area is 88.1 Å². The topological polar surface area (TPSA) is 55.3 Å². The van der Waals surface area contributed by atoms with Crippen molar-refractivity contribution in [3.05, 3.63) is 17.6 Å². The summed E-state index contributed by atoms with van der Waals surface area (Å²) in [7, 11) is 0. The van der Waals surface area contributed by atoms with Gasteiger partial charge in [-0.05, 0) is 6.92 Å². The van der Waals surface area contributed by atoms with Gasteiger partial charge in [0.1, 0.15) is 11.6 Å². The first-order chi connectivity index (χ1) is 7.31. The van der Waals surface area contributed by atoms with Crippen LogP contribution in [0.4, 0.5) is 5.82 Å². The average molecular weight is 207 g/mol. The predicted molar refractivity (Wildman–Crippen MR) is 55.2 cm³/mol. The van der Waals surface area contributed by atoms with Crippen molar-refractivity contribution in [2.45, 2.75) is 6.92 Å². The number of anilines is 1. The number of ether oxygens (including phenoxy) is 1. The fourth-order valence-corrected chi connectivity index (χ4v) is 1.58. The Morgan fingerprint density at radius 3 is 2.87 bits per heavy atom. The molecule has 5 heteroatoms. The van der Waals surface area contributed by atoms with E-state index in [1.165, 1.54) is 0 Å². The number of morpholine rings is 1. The summed E-state index contributed by atoms with van der Waals surface area (Å²) >= 11 is 0. The van der Waals surface area contributed by atoms with E-state index in [1.54, 1.807) is 6.20 Å². The number of hydrogen-bond donors (Lipinski definition) is 0. The van der Waals surface area contributed by atoms with Crippen molar-refractivity contribution < 1.29 is 9.53 Å². The summed E-state index contributed by atoms with van der Waals surface area (Å²) in [6.07, 6.45) is 2.37. The molecular weight excluding hydrogens is 194 g/mol. The maximum atomic E-state index is 10.8. The molecule has 5 nitrogen and oxygen atoms in total. The number of rotatable bonds is 2. The van der Waals surface area contributed by atoms with Gasteiger partial charge in [0, 0.05) is 19.3 Å². The predicted octanol–water partition coefficient (Wildman–Crippen LogP) is 0.434. The van der Waals surface area contributed by atoms with Gasteiger partial charge < -0.3 is 9.64 Å². The number of aryl methyl sites for hydroxylation is 1. The molecule has 0 radical (unpaired) electrons. The zero-order chi connectivity index (χ0) is 10.7. The van der Waals surface area contributed by atoms with Gasteiger partial charge in [-0.3, -0.25) is 4.79 Å². The second-order valence-corrected chi connectivity index (χ2v) is 3.41. The highest BCUT2D eigenvalue weighted by Gasteiger charge is 2.16. The number of hydrogen-bond acceptors (Lipinski definition) is 5. The van der Waals surface area contributed by atoms with E-state index in [-0.39, 0.29) is 0 Å². The number of aldehydes is 1. The summed E-state index contributed by atoms with van der Waals surface area (Å²) in [6, 6.07) is 0. The van der Waals surface area contributed by atoms with E-state index in [2.05, 4.69) is 14.9 Å². The normalized spacial score (nSPS) is 16.5. The lowest BCUT2D eigenvalue weighted by Crippen LogP contribution is -2.37. The molecule has 0 bridgehead atoms. The van der Waals surface area contributed by atoms with E-state index in [9.17, 15) is 4.79 Å². The van der Waals surface area contributed by atoms with Crippen LogP contribution in [0.3, 0.4) is 0 Å². The van der Waals surface area contributed by atoms with Crippen LogP contribution < -0.4 is 4.90 Å². The number of carbonyl (C=O) groups excluding carboxylic acids is 1.